The van der Waals surface area contributed by atoms with Crippen LogP contribution in [0, 0.1) is 0 Å². The minimum absolute atomic E-state index is 0.180. The maximum Gasteiger partial charge on any atom is 0.145 e. The van der Waals surface area contributed by atoms with Gasteiger partial charge in [0.05, 0.1) is 12.4 Å². The Morgan fingerprint density at radius 1 is 1.36 bits per heavy atom. The molecule has 0 spiro atoms. The van der Waals surface area contributed by atoms with Gasteiger partial charge in [-0.1, -0.05) is 32.5 Å². The van der Waals surface area contributed by atoms with Gasteiger partial charge in [0.2, 0.25) is 0 Å². The Hall–Kier alpha value is -0.770. The summed E-state index contributed by atoms with van der Waals surface area (Å²) in [6, 6.07) is 0. The Balaban J connectivity index is 2.73. The van der Waals surface area contributed by atoms with Crippen LogP contribution in [0.15, 0.2) is 17.4 Å². The summed E-state index contributed by atoms with van der Waals surface area (Å²) in [5.41, 5.74) is 0. The number of nitrogens with zero attached hydrogens (tertiary/aromatic N) is 2. The number of thioether (sulfide) groups is 1. The molecule has 0 aromatic carbocycles. The molecule has 0 aliphatic heterocycles. The number of hydrogen-bond acceptors (Lipinski definition) is 4. The predicted octanol–water partition coefficient (Wildman–Crippen LogP) is 2.80. The van der Waals surface area contributed by atoms with Gasteiger partial charge in [0.25, 0.3) is 0 Å². The fourth-order valence-corrected chi connectivity index (χ4v) is 1.86. The van der Waals surface area contributed by atoms with Gasteiger partial charge in [0.15, 0.2) is 0 Å². The van der Waals surface area contributed by atoms with E-state index in [1.54, 1.807) is 24.2 Å². The summed E-state index contributed by atoms with van der Waals surface area (Å²) < 4.78 is 0.180. The molecule has 3 nitrogen and oxygen atoms in total. The number of nitrogens with one attached hydrogen (secondary N) is 1. The standard InChI is InChI=1S/C10H17N3S/c1-5-12-8-6-11-7-9(13-8)14-10(2,3)4/h6-7H,5H2,1-4H3,(H,12,13). The molecule has 78 valence electrons. The fourth-order valence-electron chi connectivity index (χ4n) is 0.977. The van der Waals surface area contributed by atoms with E-state index in [9.17, 15) is 0 Å². The minimum atomic E-state index is 0.180. The SMILES string of the molecule is CCNc1cncc(SC(C)(C)C)n1. The monoisotopic (exact) mass is 211 g/mol. The highest BCUT2D eigenvalue weighted by molar-refractivity contribution is 8.00. The quantitative estimate of drug-likeness (QED) is 0.780. The second kappa shape index (κ2) is 4.64. The van der Waals surface area contributed by atoms with Crippen molar-refractivity contribution in [3.8, 4) is 0 Å². The van der Waals surface area contributed by atoms with Gasteiger partial charge in [0.1, 0.15) is 10.8 Å². The first-order valence-corrected chi connectivity index (χ1v) is 5.58. The molecule has 0 amide bonds. The highest BCUT2D eigenvalue weighted by Crippen LogP contribution is 2.30. The predicted molar refractivity (Wildman–Crippen MR) is 61.8 cm³/mol. The van der Waals surface area contributed by atoms with Crippen molar-refractivity contribution in [2.45, 2.75) is 37.5 Å². The third-order valence-corrected chi connectivity index (χ3v) is 2.40. The van der Waals surface area contributed by atoms with Gasteiger partial charge in [-0.25, -0.2) is 4.98 Å². The van der Waals surface area contributed by atoms with Crippen molar-refractivity contribution >= 4 is 17.6 Å². The average Bonchev–Trinajstić information content (AvgIpc) is 2.02. The van der Waals surface area contributed by atoms with Crippen LogP contribution in [0.5, 0.6) is 0 Å². The molecule has 0 fully saturated rings. The molecule has 0 aliphatic rings. The van der Waals surface area contributed by atoms with E-state index in [2.05, 4.69) is 36.1 Å². The van der Waals surface area contributed by atoms with Gasteiger partial charge in [-0.3, -0.25) is 4.98 Å². The number of aromatic nitrogens is 2. The Labute approximate surface area is 89.7 Å². The maximum absolute atomic E-state index is 4.44. The molecule has 4 heteroatoms. The molecule has 0 saturated heterocycles. The highest BCUT2D eigenvalue weighted by atomic mass is 32.2. The molecule has 1 aromatic heterocycles. The van der Waals surface area contributed by atoms with Crippen LogP contribution in [0.4, 0.5) is 5.82 Å². The van der Waals surface area contributed by atoms with Crippen molar-refractivity contribution in [1.82, 2.24) is 9.97 Å². The zero-order chi connectivity index (χ0) is 10.6. The van der Waals surface area contributed by atoms with E-state index in [0.717, 1.165) is 17.4 Å². The molecule has 0 saturated carbocycles. The maximum atomic E-state index is 4.44. The molecule has 1 rings (SSSR count). The second-order valence-corrected chi connectivity index (χ2v) is 5.83. The first kappa shape index (κ1) is 11.3. The summed E-state index contributed by atoms with van der Waals surface area (Å²) >= 11 is 1.73. The highest BCUT2D eigenvalue weighted by Gasteiger charge is 2.13. The van der Waals surface area contributed by atoms with Crippen molar-refractivity contribution in [1.29, 1.82) is 0 Å². The summed E-state index contributed by atoms with van der Waals surface area (Å²) in [5, 5.41) is 4.12. The van der Waals surface area contributed by atoms with Crippen molar-refractivity contribution in [2.24, 2.45) is 0 Å². The van der Waals surface area contributed by atoms with Crippen LogP contribution in [0.1, 0.15) is 27.7 Å². The lowest BCUT2D eigenvalue weighted by atomic mass is 10.3. The minimum Gasteiger partial charge on any atom is -0.369 e. The molecule has 1 N–H and O–H groups in total. The first-order valence-electron chi connectivity index (χ1n) is 4.76. The second-order valence-electron chi connectivity index (χ2n) is 3.99. The van der Waals surface area contributed by atoms with Crippen LogP contribution in [-0.2, 0) is 0 Å². The van der Waals surface area contributed by atoms with E-state index in [1.807, 2.05) is 6.92 Å². The van der Waals surface area contributed by atoms with Crippen LogP contribution in [0.3, 0.4) is 0 Å². The van der Waals surface area contributed by atoms with Gasteiger partial charge in [0, 0.05) is 11.3 Å². The smallest absolute Gasteiger partial charge is 0.145 e. The molecular formula is C10H17N3S. The van der Waals surface area contributed by atoms with Gasteiger partial charge >= 0.3 is 0 Å². The van der Waals surface area contributed by atoms with Crippen LogP contribution >= 0.6 is 11.8 Å². The average molecular weight is 211 g/mol. The molecular weight excluding hydrogens is 194 g/mol. The molecule has 0 radical (unpaired) electrons. The van der Waals surface area contributed by atoms with Gasteiger partial charge < -0.3 is 5.32 Å². The van der Waals surface area contributed by atoms with E-state index in [0.29, 0.717) is 0 Å². The Morgan fingerprint density at radius 3 is 2.64 bits per heavy atom. The van der Waals surface area contributed by atoms with E-state index in [-0.39, 0.29) is 4.75 Å². The lowest BCUT2D eigenvalue weighted by molar-refractivity contribution is 0.798. The van der Waals surface area contributed by atoms with Crippen molar-refractivity contribution in [2.75, 3.05) is 11.9 Å². The zero-order valence-electron chi connectivity index (χ0n) is 9.16. The normalized spacial score (nSPS) is 11.4. The Kier molecular flexibility index (Phi) is 3.75. The summed E-state index contributed by atoms with van der Waals surface area (Å²) in [7, 11) is 0. The number of rotatable bonds is 3. The Bertz CT molecular complexity index is 294. The summed E-state index contributed by atoms with van der Waals surface area (Å²) in [4.78, 5) is 8.58. The molecule has 1 heterocycles. The van der Waals surface area contributed by atoms with Gasteiger partial charge in [-0.15, -0.1) is 0 Å². The van der Waals surface area contributed by atoms with Crippen LogP contribution in [-0.4, -0.2) is 21.3 Å². The van der Waals surface area contributed by atoms with E-state index in [4.69, 9.17) is 0 Å². The van der Waals surface area contributed by atoms with E-state index >= 15 is 0 Å². The van der Waals surface area contributed by atoms with Gasteiger partial charge in [-0.2, -0.15) is 0 Å². The lowest BCUT2D eigenvalue weighted by Crippen LogP contribution is -2.08. The number of hydrogen-bond donors (Lipinski definition) is 1. The molecule has 14 heavy (non-hydrogen) atoms. The molecule has 0 atom stereocenters. The summed E-state index contributed by atoms with van der Waals surface area (Å²) in [5.74, 6) is 0.849. The summed E-state index contributed by atoms with van der Waals surface area (Å²) in [6.45, 7) is 9.42. The van der Waals surface area contributed by atoms with E-state index < -0.39 is 0 Å². The van der Waals surface area contributed by atoms with Gasteiger partial charge in [-0.05, 0) is 6.92 Å². The fraction of sp³-hybridized carbons (Fsp3) is 0.600. The largest absolute Gasteiger partial charge is 0.369 e. The third-order valence-electron chi connectivity index (χ3n) is 1.38. The van der Waals surface area contributed by atoms with Crippen molar-refractivity contribution in [3.05, 3.63) is 12.4 Å². The molecule has 0 aliphatic carbocycles. The van der Waals surface area contributed by atoms with E-state index in [1.165, 1.54) is 0 Å². The molecule has 1 aromatic rings. The molecule has 0 bridgehead atoms. The van der Waals surface area contributed by atoms with Crippen molar-refractivity contribution < 1.29 is 0 Å². The van der Waals surface area contributed by atoms with Crippen LogP contribution in [0.2, 0.25) is 0 Å². The zero-order valence-corrected chi connectivity index (χ0v) is 9.98. The summed E-state index contributed by atoms with van der Waals surface area (Å²) in [6.07, 6.45) is 3.55. The molecule has 0 unspecified atom stereocenters. The first-order chi connectivity index (χ1) is 6.51. The Morgan fingerprint density at radius 2 is 2.07 bits per heavy atom. The number of anilines is 1. The lowest BCUT2D eigenvalue weighted by Gasteiger charge is -2.16. The van der Waals surface area contributed by atoms with Crippen LogP contribution < -0.4 is 5.32 Å². The van der Waals surface area contributed by atoms with Crippen molar-refractivity contribution in [3.63, 3.8) is 0 Å². The third kappa shape index (κ3) is 3.96. The topological polar surface area (TPSA) is 37.8 Å². The van der Waals surface area contributed by atoms with Crippen LogP contribution in [0.25, 0.3) is 0 Å².